The molecule has 0 saturated carbocycles. The summed E-state index contributed by atoms with van der Waals surface area (Å²) >= 11 is 0. The number of pyridine rings is 1. The van der Waals surface area contributed by atoms with Crippen LogP contribution in [0.4, 0.5) is 10.6 Å². The third kappa shape index (κ3) is 5.18. The summed E-state index contributed by atoms with van der Waals surface area (Å²) in [7, 11) is 0. The second kappa shape index (κ2) is 7.98. The topological polar surface area (TPSA) is 71.7 Å². The molecule has 1 fully saturated rings. The lowest BCUT2D eigenvalue weighted by Gasteiger charge is -2.22. The van der Waals surface area contributed by atoms with Gasteiger partial charge in [0.2, 0.25) is 0 Å². The number of hydrogen-bond acceptors (Lipinski definition) is 5. The minimum atomic E-state index is -0.190. The van der Waals surface area contributed by atoms with Crippen LogP contribution in [0.1, 0.15) is 25.8 Å². The summed E-state index contributed by atoms with van der Waals surface area (Å²) in [6.07, 6.45) is 2.58. The number of hydrogen-bond donors (Lipinski definition) is 1. The van der Waals surface area contributed by atoms with Crippen molar-refractivity contribution >= 4 is 11.9 Å². The molecule has 1 aromatic rings. The molecule has 6 heteroatoms. The van der Waals surface area contributed by atoms with Gasteiger partial charge < -0.3 is 15.4 Å². The van der Waals surface area contributed by atoms with Gasteiger partial charge in [0.1, 0.15) is 5.82 Å². The first-order valence-electron chi connectivity index (χ1n) is 7.89. The van der Waals surface area contributed by atoms with Crippen LogP contribution in [-0.2, 0) is 11.3 Å². The van der Waals surface area contributed by atoms with E-state index in [9.17, 15) is 4.79 Å². The Morgan fingerprint density at radius 2 is 2.14 bits per heavy atom. The second-order valence-electron chi connectivity index (χ2n) is 6.18. The minimum absolute atomic E-state index is 0.190. The van der Waals surface area contributed by atoms with Crippen molar-refractivity contribution in [3.05, 3.63) is 23.9 Å². The van der Waals surface area contributed by atoms with Crippen LogP contribution in [0, 0.1) is 5.92 Å². The first-order chi connectivity index (χ1) is 10.5. The molecule has 0 aromatic carbocycles. The molecule has 2 heterocycles. The fourth-order valence-electron chi connectivity index (χ4n) is 2.43. The van der Waals surface area contributed by atoms with Gasteiger partial charge in [-0.05, 0) is 24.0 Å². The van der Waals surface area contributed by atoms with Gasteiger partial charge in [0.25, 0.3) is 0 Å². The summed E-state index contributed by atoms with van der Waals surface area (Å²) in [5, 5.41) is 0. The van der Waals surface area contributed by atoms with E-state index in [4.69, 9.17) is 10.5 Å². The number of ether oxygens (including phenoxy) is 1. The van der Waals surface area contributed by atoms with Crippen LogP contribution in [0.25, 0.3) is 0 Å². The molecule has 1 amide bonds. The smallest absolute Gasteiger partial charge is 0.409 e. The van der Waals surface area contributed by atoms with E-state index < -0.39 is 0 Å². The van der Waals surface area contributed by atoms with E-state index in [1.165, 1.54) is 0 Å². The van der Waals surface area contributed by atoms with Crippen LogP contribution in [0.3, 0.4) is 0 Å². The van der Waals surface area contributed by atoms with Crippen LogP contribution in [-0.4, -0.2) is 53.7 Å². The number of carbonyl (C=O) groups excluding carboxylic acids is 1. The quantitative estimate of drug-likeness (QED) is 0.920. The highest BCUT2D eigenvalue weighted by Gasteiger charge is 2.20. The van der Waals surface area contributed by atoms with Gasteiger partial charge in [0, 0.05) is 38.9 Å². The molecule has 122 valence electrons. The number of nitrogen functional groups attached to an aromatic ring is 1. The zero-order valence-corrected chi connectivity index (χ0v) is 13.5. The van der Waals surface area contributed by atoms with Gasteiger partial charge in [-0.1, -0.05) is 19.9 Å². The maximum atomic E-state index is 12.0. The number of aromatic nitrogens is 1. The average Bonchev–Trinajstić information content (AvgIpc) is 2.73. The van der Waals surface area contributed by atoms with Gasteiger partial charge in [-0.25, -0.2) is 9.78 Å². The molecular weight excluding hydrogens is 280 g/mol. The van der Waals surface area contributed by atoms with Crippen molar-refractivity contribution in [2.45, 2.75) is 26.8 Å². The fraction of sp³-hybridized carbons (Fsp3) is 0.625. The standard InChI is InChI=1S/C16H26N4O2/c1-13(2)12-22-16(21)20-7-3-6-19(8-9-20)11-14-4-5-15(17)18-10-14/h4-5,10,13H,3,6-9,11-12H2,1-2H3,(H2,17,18). The lowest BCUT2D eigenvalue weighted by molar-refractivity contribution is 0.0930. The molecule has 0 bridgehead atoms. The molecule has 0 aliphatic carbocycles. The predicted octanol–water partition coefficient (Wildman–Crippen LogP) is 1.96. The van der Waals surface area contributed by atoms with E-state index in [2.05, 4.69) is 9.88 Å². The monoisotopic (exact) mass is 306 g/mol. The maximum Gasteiger partial charge on any atom is 0.409 e. The van der Waals surface area contributed by atoms with E-state index in [1.807, 2.05) is 37.1 Å². The molecule has 6 nitrogen and oxygen atoms in total. The summed E-state index contributed by atoms with van der Waals surface area (Å²) in [6, 6.07) is 3.82. The zero-order chi connectivity index (χ0) is 15.9. The molecule has 1 aliphatic rings. The molecule has 1 saturated heterocycles. The molecule has 1 aromatic heterocycles. The molecule has 0 atom stereocenters. The van der Waals surface area contributed by atoms with Gasteiger partial charge in [0.05, 0.1) is 6.61 Å². The summed E-state index contributed by atoms with van der Waals surface area (Å²) in [5.41, 5.74) is 6.75. The van der Waals surface area contributed by atoms with Crippen molar-refractivity contribution in [2.24, 2.45) is 5.92 Å². The van der Waals surface area contributed by atoms with Crippen molar-refractivity contribution in [2.75, 3.05) is 38.5 Å². The average molecular weight is 306 g/mol. The Morgan fingerprint density at radius 1 is 1.32 bits per heavy atom. The summed E-state index contributed by atoms with van der Waals surface area (Å²) in [6.45, 7) is 8.68. The largest absolute Gasteiger partial charge is 0.449 e. The molecule has 0 spiro atoms. The van der Waals surface area contributed by atoms with Gasteiger partial charge >= 0.3 is 6.09 Å². The highest BCUT2D eigenvalue weighted by Crippen LogP contribution is 2.10. The van der Waals surface area contributed by atoms with Crippen molar-refractivity contribution in [1.29, 1.82) is 0 Å². The first-order valence-corrected chi connectivity index (χ1v) is 7.89. The molecule has 22 heavy (non-hydrogen) atoms. The zero-order valence-electron chi connectivity index (χ0n) is 13.5. The normalized spacial score (nSPS) is 16.6. The maximum absolute atomic E-state index is 12.0. The van der Waals surface area contributed by atoms with Gasteiger partial charge in [0.15, 0.2) is 0 Å². The van der Waals surface area contributed by atoms with Gasteiger partial charge in [-0.2, -0.15) is 0 Å². The second-order valence-corrected chi connectivity index (χ2v) is 6.18. The molecule has 2 rings (SSSR count). The minimum Gasteiger partial charge on any atom is -0.449 e. The fourth-order valence-corrected chi connectivity index (χ4v) is 2.43. The van der Waals surface area contributed by atoms with E-state index in [0.717, 1.165) is 38.2 Å². The highest BCUT2D eigenvalue weighted by atomic mass is 16.6. The molecular formula is C16H26N4O2. The van der Waals surface area contributed by atoms with Crippen molar-refractivity contribution < 1.29 is 9.53 Å². The molecule has 1 aliphatic heterocycles. The van der Waals surface area contributed by atoms with Crippen LogP contribution in [0.5, 0.6) is 0 Å². The lowest BCUT2D eigenvalue weighted by atomic mass is 10.2. The van der Waals surface area contributed by atoms with Crippen molar-refractivity contribution in [3.63, 3.8) is 0 Å². The van der Waals surface area contributed by atoms with E-state index in [1.54, 1.807) is 0 Å². The van der Waals surface area contributed by atoms with E-state index in [0.29, 0.717) is 24.9 Å². The Bertz CT molecular complexity index is 476. The number of nitrogens with zero attached hydrogens (tertiary/aromatic N) is 3. The Balaban J connectivity index is 1.81. The third-order valence-electron chi connectivity index (χ3n) is 3.64. The third-order valence-corrected chi connectivity index (χ3v) is 3.64. The summed E-state index contributed by atoms with van der Waals surface area (Å²) < 4.78 is 5.31. The van der Waals surface area contributed by atoms with E-state index in [-0.39, 0.29) is 6.09 Å². The number of nitrogens with two attached hydrogens (primary N) is 1. The lowest BCUT2D eigenvalue weighted by Crippen LogP contribution is -2.36. The van der Waals surface area contributed by atoms with Crippen LogP contribution < -0.4 is 5.73 Å². The van der Waals surface area contributed by atoms with E-state index >= 15 is 0 Å². The predicted molar refractivity (Wildman–Crippen MR) is 86.3 cm³/mol. The van der Waals surface area contributed by atoms with Gasteiger partial charge in [-0.15, -0.1) is 0 Å². The SMILES string of the molecule is CC(C)COC(=O)N1CCCN(Cc2ccc(N)nc2)CC1. The van der Waals surface area contributed by atoms with Crippen LogP contribution in [0.2, 0.25) is 0 Å². The highest BCUT2D eigenvalue weighted by molar-refractivity contribution is 5.67. The molecule has 2 N–H and O–H groups in total. The van der Waals surface area contributed by atoms with Crippen LogP contribution in [0.15, 0.2) is 18.3 Å². The van der Waals surface area contributed by atoms with Crippen molar-refractivity contribution in [3.8, 4) is 0 Å². The summed E-state index contributed by atoms with van der Waals surface area (Å²) in [4.78, 5) is 20.3. The van der Waals surface area contributed by atoms with Crippen LogP contribution >= 0.6 is 0 Å². The Hall–Kier alpha value is -1.82. The number of rotatable bonds is 4. The van der Waals surface area contributed by atoms with Gasteiger partial charge in [-0.3, -0.25) is 4.90 Å². The Kier molecular flexibility index (Phi) is 6.00. The molecule has 0 unspecified atom stereocenters. The first kappa shape index (κ1) is 16.5. The number of carbonyl (C=O) groups is 1. The Morgan fingerprint density at radius 3 is 2.82 bits per heavy atom. The number of anilines is 1. The number of amides is 1. The summed E-state index contributed by atoms with van der Waals surface area (Å²) in [5.74, 6) is 0.907. The Labute approximate surface area is 132 Å². The van der Waals surface area contributed by atoms with Crippen molar-refractivity contribution in [1.82, 2.24) is 14.8 Å². The molecule has 0 radical (unpaired) electrons.